The van der Waals surface area contributed by atoms with Crippen LogP contribution in [0, 0.1) is 0 Å². The van der Waals surface area contributed by atoms with Gasteiger partial charge in [0.2, 0.25) is 0 Å². The first-order valence-corrected chi connectivity index (χ1v) is 8.32. The summed E-state index contributed by atoms with van der Waals surface area (Å²) in [6, 6.07) is 18.4. The Balaban J connectivity index is 2.36. The molecule has 2 nitrogen and oxygen atoms in total. The molecule has 0 saturated heterocycles. The van der Waals surface area contributed by atoms with Gasteiger partial charge in [0, 0.05) is 11.4 Å². The molecule has 0 heterocycles. The lowest BCUT2D eigenvalue weighted by Crippen LogP contribution is -2.41. The van der Waals surface area contributed by atoms with E-state index < -0.39 is 11.4 Å². The Morgan fingerprint density at radius 3 is 2.19 bits per heavy atom. The van der Waals surface area contributed by atoms with Crippen LogP contribution in [0.1, 0.15) is 37.9 Å². The number of hydrogen-bond donors (Lipinski definition) is 1. The predicted molar refractivity (Wildman–Crippen MR) is 93.9 cm³/mol. The van der Waals surface area contributed by atoms with E-state index in [2.05, 4.69) is 42.9 Å². The summed E-state index contributed by atoms with van der Waals surface area (Å²) in [7, 11) is 2.08. The van der Waals surface area contributed by atoms with E-state index >= 15 is 0 Å². The molecule has 0 amide bonds. The van der Waals surface area contributed by atoms with Crippen molar-refractivity contribution in [2.45, 2.75) is 31.6 Å². The molecule has 0 radical (unpaired) electrons. The van der Waals surface area contributed by atoms with E-state index in [1.54, 1.807) is 0 Å². The van der Waals surface area contributed by atoms with Gasteiger partial charge in [-0.25, -0.2) is 0 Å². The Morgan fingerprint density at radius 1 is 1.00 bits per heavy atom. The Hall–Kier alpha value is -1.23. The predicted octanol–water partition coefficient (Wildman–Crippen LogP) is 2.09. The van der Waals surface area contributed by atoms with E-state index in [0.717, 1.165) is 11.1 Å². The van der Waals surface area contributed by atoms with Crippen molar-refractivity contribution in [2.24, 2.45) is 0 Å². The molecule has 0 aliphatic heterocycles. The number of benzene rings is 2. The maximum Gasteiger partial charge on any atom is 0.139 e. The maximum atomic E-state index is 12.5. The van der Waals surface area contributed by atoms with Crippen LogP contribution < -0.4 is 10.2 Å². The second-order valence-corrected chi connectivity index (χ2v) is 8.25. The molecule has 0 aliphatic rings. The molecule has 2 aromatic carbocycles. The van der Waals surface area contributed by atoms with Crippen LogP contribution in [-0.2, 0) is 11.4 Å². The molecular weight excluding hydrogens is 277 g/mol. The number of rotatable bonds is 4. The van der Waals surface area contributed by atoms with Gasteiger partial charge < -0.3 is 4.55 Å². The second-order valence-electron chi connectivity index (χ2n) is 6.26. The highest BCUT2D eigenvalue weighted by Crippen LogP contribution is 2.25. The quantitative estimate of drug-likeness (QED) is 0.693. The van der Waals surface area contributed by atoms with Crippen LogP contribution >= 0.6 is 0 Å². The fraction of sp³-hybridized carbons (Fsp3) is 0.294. The first-order valence-electron chi connectivity index (χ1n) is 7.17. The molecule has 0 spiro atoms. The third-order valence-electron chi connectivity index (χ3n) is 3.29. The van der Waals surface area contributed by atoms with Crippen LogP contribution in [-0.4, -0.2) is 17.1 Å². The molecule has 0 fully saturated rings. The van der Waals surface area contributed by atoms with Crippen LogP contribution in [0.2, 0.25) is 0 Å². The summed E-state index contributed by atoms with van der Waals surface area (Å²) in [5.41, 5.74) is 3.47. The van der Waals surface area contributed by atoms with Crippen molar-refractivity contribution in [2.75, 3.05) is 0 Å². The van der Waals surface area contributed by atoms with Crippen LogP contribution in [0.4, 0.5) is 0 Å². The van der Waals surface area contributed by atoms with Gasteiger partial charge in [-0.2, -0.15) is 0 Å². The zero-order valence-electron chi connectivity index (χ0n) is 13.1. The fourth-order valence-electron chi connectivity index (χ4n) is 2.11. The maximum absolute atomic E-state index is 12.5. The molecule has 2 rings (SSSR count). The van der Waals surface area contributed by atoms with Gasteiger partial charge in [0.25, 0.3) is 0 Å². The van der Waals surface area contributed by atoms with Crippen molar-refractivity contribution < 1.29 is 4.55 Å². The highest BCUT2D eigenvalue weighted by atomic mass is 32.2. The molecule has 0 unspecified atom stereocenters. The normalized spacial score (nSPS) is 14.7. The largest absolute Gasteiger partial charge is 0.598 e. The SMILES string of the molecule is Bc1cccc([C@H](N[S@+]([O-])C(C)(C)C)c2ccccc2)c1. The van der Waals surface area contributed by atoms with Gasteiger partial charge in [0.1, 0.15) is 18.6 Å². The summed E-state index contributed by atoms with van der Waals surface area (Å²) < 4.78 is 15.5. The fourth-order valence-corrected chi connectivity index (χ4v) is 2.95. The average molecular weight is 299 g/mol. The first kappa shape index (κ1) is 16.2. The van der Waals surface area contributed by atoms with E-state index in [0.29, 0.717) is 0 Å². The van der Waals surface area contributed by atoms with Crippen molar-refractivity contribution in [3.63, 3.8) is 0 Å². The lowest BCUT2D eigenvalue weighted by atomic mass is 9.91. The molecule has 0 aliphatic carbocycles. The third-order valence-corrected chi connectivity index (χ3v) is 4.85. The zero-order chi connectivity index (χ0) is 15.5. The molecular formula is C17H22BNOS. The van der Waals surface area contributed by atoms with E-state index in [9.17, 15) is 4.55 Å². The minimum Gasteiger partial charge on any atom is -0.598 e. The van der Waals surface area contributed by atoms with Gasteiger partial charge in [-0.05, 0) is 31.9 Å². The molecule has 110 valence electrons. The minimum absolute atomic E-state index is 0.0637. The van der Waals surface area contributed by atoms with E-state index in [4.69, 9.17) is 0 Å². The monoisotopic (exact) mass is 299 g/mol. The van der Waals surface area contributed by atoms with Crippen LogP contribution in [0.3, 0.4) is 0 Å². The molecule has 0 bridgehead atoms. The van der Waals surface area contributed by atoms with E-state index in [1.165, 1.54) is 5.46 Å². The van der Waals surface area contributed by atoms with E-state index in [-0.39, 0.29) is 10.8 Å². The summed E-state index contributed by atoms with van der Waals surface area (Å²) in [6.07, 6.45) is 0. The van der Waals surface area contributed by atoms with Gasteiger partial charge in [0.05, 0.1) is 0 Å². The van der Waals surface area contributed by atoms with Crippen molar-refractivity contribution in [1.82, 2.24) is 4.72 Å². The Morgan fingerprint density at radius 2 is 1.62 bits per heavy atom. The Bertz CT molecular complexity index is 583. The highest BCUT2D eigenvalue weighted by molar-refractivity contribution is 7.90. The van der Waals surface area contributed by atoms with Crippen molar-refractivity contribution in [1.29, 1.82) is 0 Å². The molecule has 2 aromatic rings. The smallest absolute Gasteiger partial charge is 0.139 e. The standard InChI is InChI=1S/C17H22BNOS/c1-17(2,3)21(20)19-16(13-8-5-4-6-9-13)14-10-7-11-15(18)12-14/h4-12,16,19H,18H2,1-3H3/t16-,21-/m1/s1. The topological polar surface area (TPSA) is 35.1 Å². The second kappa shape index (κ2) is 6.69. The van der Waals surface area contributed by atoms with Gasteiger partial charge in [0.15, 0.2) is 0 Å². The molecule has 21 heavy (non-hydrogen) atoms. The number of nitrogens with one attached hydrogen (secondary N) is 1. The lowest BCUT2D eigenvalue weighted by Gasteiger charge is -2.28. The van der Waals surface area contributed by atoms with Crippen molar-refractivity contribution in [3.8, 4) is 0 Å². The summed E-state index contributed by atoms with van der Waals surface area (Å²) in [5.74, 6) is 0. The summed E-state index contributed by atoms with van der Waals surface area (Å²) in [5, 5.41) is 0. The van der Waals surface area contributed by atoms with Crippen LogP contribution in [0.15, 0.2) is 54.6 Å². The molecule has 0 saturated carbocycles. The summed E-state index contributed by atoms with van der Waals surface area (Å²) in [6.45, 7) is 5.94. The zero-order valence-corrected chi connectivity index (χ0v) is 13.9. The van der Waals surface area contributed by atoms with Gasteiger partial charge >= 0.3 is 0 Å². The van der Waals surface area contributed by atoms with Crippen molar-refractivity contribution >= 4 is 24.7 Å². The Kier molecular flexibility index (Phi) is 5.15. The summed E-state index contributed by atoms with van der Waals surface area (Å²) in [4.78, 5) is 0. The lowest BCUT2D eigenvalue weighted by molar-refractivity contribution is 0.536. The van der Waals surface area contributed by atoms with E-state index in [1.807, 2.05) is 45.0 Å². The van der Waals surface area contributed by atoms with Crippen LogP contribution in [0.5, 0.6) is 0 Å². The van der Waals surface area contributed by atoms with Gasteiger partial charge in [-0.1, -0.05) is 60.1 Å². The number of hydrogen-bond acceptors (Lipinski definition) is 2. The van der Waals surface area contributed by atoms with Crippen molar-refractivity contribution in [3.05, 3.63) is 65.7 Å². The molecule has 1 N–H and O–H groups in total. The highest BCUT2D eigenvalue weighted by Gasteiger charge is 2.30. The minimum atomic E-state index is -1.12. The van der Waals surface area contributed by atoms with Gasteiger partial charge in [-0.3, -0.25) is 0 Å². The molecule has 2 atom stereocenters. The molecule has 4 heteroatoms. The third kappa shape index (κ3) is 4.37. The van der Waals surface area contributed by atoms with Crippen LogP contribution in [0.25, 0.3) is 0 Å². The Labute approximate surface area is 131 Å². The molecule has 0 aromatic heterocycles. The van der Waals surface area contributed by atoms with Gasteiger partial charge in [-0.15, -0.1) is 4.72 Å². The first-order chi connectivity index (χ1) is 9.88. The average Bonchev–Trinajstić information content (AvgIpc) is 2.44. The summed E-state index contributed by atoms with van der Waals surface area (Å²) >= 11 is -1.12.